The predicted molar refractivity (Wildman–Crippen MR) is 51.5 cm³/mol. The molecule has 0 unspecified atom stereocenters. The van der Waals surface area contributed by atoms with Crippen molar-refractivity contribution in [3.63, 3.8) is 0 Å². The van der Waals surface area contributed by atoms with E-state index < -0.39 is 11.6 Å². The second-order valence-corrected chi connectivity index (χ2v) is 2.62. The van der Waals surface area contributed by atoms with Crippen LogP contribution >= 0.6 is 12.6 Å². The van der Waals surface area contributed by atoms with Crippen molar-refractivity contribution in [1.29, 1.82) is 0 Å². The Kier molecular flexibility index (Phi) is 3.15. The zero-order chi connectivity index (χ0) is 9.84. The predicted octanol–water partition coefficient (Wildman–Crippen LogP) is 1.83. The molecule has 0 atom stereocenters. The Morgan fingerprint density at radius 2 is 2.08 bits per heavy atom. The van der Waals surface area contributed by atoms with Crippen molar-refractivity contribution in [2.45, 2.75) is 0 Å². The Hall–Kier alpha value is -1.21. The largest absolute Gasteiger partial charge is 0.395 e. The average Bonchev–Trinajstić information content (AvgIpc) is 2.09. The molecule has 0 aromatic heterocycles. The number of hydrogen-bond donors (Lipinski definition) is 2. The van der Waals surface area contributed by atoms with Gasteiger partial charge < -0.3 is 5.73 Å². The zero-order valence-electron chi connectivity index (χ0n) is 6.64. The minimum Gasteiger partial charge on any atom is -0.395 e. The van der Waals surface area contributed by atoms with Gasteiger partial charge in [-0.1, -0.05) is 11.8 Å². The summed E-state index contributed by atoms with van der Waals surface area (Å²) in [7, 11) is 0. The minimum atomic E-state index is -0.788. The Balaban J connectivity index is 3.20. The van der Waals surface area contributed by atoms with Gasteiger partial charge in [0.2, 0.25) is 0 Å². The number of rotatable bonds is 0. The van der Waals surface area contributed by atoms with E-state index in [9.17, 15) is 8.78 Å². The highest BCUT2D eigenvalue weighted by Crippen LogP contribution is 2.16. The second kappa shape index (κ2) is 4.15. The molecule has 4 heteroatoms. The third-order valence-corrected chi connectivity index (χ3v) is 1.55. The summed E-state index contributed by atoms with van der Waals surface area (Å²) in [6, 6.07) is 1.82. The van der Waals surface area contributed by atoms with Crippen LogP contribution in [0.3, 0.4) is 0 Å². The molecule has 68 valence electrons. The lowest BCUT2D eigenvalue weighted by Gasteiger charge is -1.99. The van der Waals surface area contributed by atoms with Gasteiger partial charge in [0.15, 0.2) is 0 Å². The van der Waals surface area contributed by atoms with Gasteiger partial charge in [-0.15, -0.1) is 0 Å². The minimum absolute atomic E-state index is 0.129. The smallest absolute Gasteiger partial charge is 0.150 e. The topological polar surface area (TPSA) is 26.0 Å². The fourth-order valence-corrected chi connectivity index (χ4v) is 0.902. The molecule has 1 aromatic carbocycles. The van der Waals surface area contributed by atoms with Gasteiger partial charge in [0.05, 0.1) is 17.0 Å². The van der Waals surface area contributed by atoms with E-state index in [1.165, 1.54) is 0 Å². The van der Waals surface area contributed by atoms with Crippen LogP contribution in [0.15, 0.2) is 12.1 Å². The number of hydrogen-bond acceptors (Lipinski definition) is 2. The summed E-state index contributed by atoms with van der Waals surface area (Å²) in [5.41, 5.74) is 5.35. The summed E-state index contributed by atoms with van der Waals surface area (Å²) in [6.45, 7) is 0. The van der Waals surface area contributed by atoms with Gasteiger partial charge >= 0.3 is 0 Å². The summed E-state index contributed by atoms with van der Waals surface area (Å²) in [5.74, 6) is 3.92. The number of halogens is 2. The van der Waals surface area contributed by atoms with Gasteiger partial charge in [-0.2, -0.15) is 12.6 Å². The maximum Gasteiger partial charge on any atom is 0.150 e. The van der Waals surface area contributed by atoms with E-state index in [0.29, 0.717) is 5.75 Å². The monoisotopic (exact) mass is 199 g/mol. The van der Waals surface area contributed by atoms with Crippen LogP contribution in [0.4, 0.5) is 14.5 Å². The summed E-state index contributed by atoms with van der Waals surface area (Å²) in [4.78, 5) is 0. The van der Waals surface area contributed by atoms with Gasteiger partial charge in [-0.05, 0) is 6.07 Å². The number of nitrogen functional groups attached to an aromatic ring is 1. The Labute approximate surface area is 80.4 Å². The molecule has 0 radical (unpaired) electrons. The maximum atomic E-state index is 12.8. The molecule has 0 spiro atoms. The van der Waals surface area contributed by atoms with Crippen LogP contribution in [0.25, 0.3) is 0 Å². The van der Waals surface area contributed by atoms with Crippen LogP contribution in [0.2, 0.25) is 0 Å². The van der Waals surface area contributed by atoms with Crippen LogP contribution < -0.4 is 5.73 Å². The summed E-state index contributed by atoms with van der Waals surface area (Å²) < 4.78 is 25.5. The normalized spacial score (nSPS) is 9.15. The van der Waals surface area contributed by atoms with Crippen LogP contribution in [0.5, 0.6) is 0 Å². The van der Waals surface area contributed by atoms with Gasteiger partial charge in [0.25, 0.3) is 0 Å². The van der Waals surface area contributed by atoms with Crippen molar-refractivity contribution in [2.24, 2.45) is 0 Å². The molecule has 13 heavy (non-hydrogen) atoms. The van der Waals surface area contributed by atoms with E-state index in [4.69, 9.17) is 5.73 Å². The lowest BCUT2D eigenvalue weighted by molar-refractivity contribution is 0.586. The summed E-state index contributed by atoms with van der Waals surface area (Å²) >= 11 is 3.83. The van der Waals surface area contributed by atoms with Gasteiger partial charge in [0, 0.05) is 6.07 Å². The molecule has 0 saturated carbocycles. The third kappa shape index (κ3) is 2.36. The number of nitrogens with two attached hydrogens (primary N) is 1. The van der Waals surface area contributed by atoms with Crippen LogP contribution in [-0.2, 0) is 0 Å². The molecule has 2 N–H and O–H groups in total. The first-order valence-corrected chi connectivity index (χ1v) is 4.12. The van der Waals surface area contributed by atoms with E-state index in [1.807, 2.05) is 0 Å². The molecular formula is C9H7F2NS. The molecule has 1 rings (SSSR count). The van der Waals surface area contributed by atoms with Crippen molar-refractivity contribution >= 4 is 18.3 Å². The fourth-order valence-electron chi connectivity index (χ4n) is 0.823. The van der Waals surface area contributed by atoms with E-state index in [2.05, 4.69) is 24.5 Å². The highest BCUT2D eigenvalue weighted by atomic mass is 32.1. The van der Waals surface area contributed by atoms with E-state index in [1.54, 1.807) is 0 Å². The van der Waals surface area contributed by atoms with Crippen molar-refractivity contribution in [3.05, 3.63) is 29.3 Å². The lowest BCUT2D eigenvalue weighted by atomic mass is 10.2. The molecule has 0 aliphatic rings. The second-order valence-electron chi connectivity index (χ2n) is 2.31. The van der Waals surface area contributed by atoms with E-state index >= 15 is 0 Å². The number of thiol groups is 1. The summed E-state index contributed by atoms with van der Waals surface area (Å²) in [6.07, 6.45) is 0. The van der Waals surface area contributed by atoms with Crippen molar-refractivity contribution in [2.75, 3.05) is 11.5 Å². The molecule has 0 heterocycles. The molecule has 0 saturated heterocycles. The van der Waals surface area contributed by atoms with Crippen LogP contribution in [-0.4, -0.2) is 5.75 Å². The van der Waals surface area contributed by atoms with Crippen molar-refractivity contribution in [1.82, 2.24) is 0 Å². The first kappa shape index (κ1) is 9.87. The standard InChI is InChI=1S/C9H7F2NS/c10-7-4-6(2-1-3-13)9(12)8(11)5-7/h4-5,13H,3,12H2. The van der Waals surface area contributed by atoms with Gasteiger partial charge in [-0.3, -0.25) is 0 Å². The quantitative estimate of drug-likeness (QED) is 0.372. The first-order chi connectivity index (χ1) is 6.15. The highest BCUT2D eigenvalue weighted by Gasteiger charge is 2.05. The van der Waals surface area contributed by atoms with E-state index in [-0.39, 0.29) is 11.3 Å². The molecule has 0 aliphatic carbocycles. The molecule has 1 aromatic rings. The average molecular weight is 199 g/mol. The first-order valence-electron chi connectivity index (χ1n) is 3.49. The van der Waals surface area contributed by atoms with Crippen molar-refractivity contribution in [3.8, 4) is 11.8 Å². The SMILES string of the molecule is Nc1c(F)cc(F)cc1C#CCS. The molecule has 0 bridgehead atoms. The zero-order valence-corrected chi connectivity index (χ0v) is 7.54. The Morgan fingerprint density at radius 1 is 1.38 bits per heavy atom. The van der Waals surface area contributed by atoms with E-state index in [0.717, 1.165) is 12.1 Å². The number of anilines is 1. The number of benzene rings is 1. The highest BCUT2D eigenvalue weighted by molar-refractivity contribution is 7.80. The molecule has 0 amide bonds. The molecule has 0 fully saturated rings. The van der Waals surface area contributed by atoms with Crippen LogP contribution in [0, 0.1) is 23.5 Å². The molecule has 1 nitrogen and oxygen atoms in total. The molecule has 0 aliphatic heterocycles. The van der Waals surface area contributed by atoms with Gasteiger partial charge in [-0.25, -0.2) is 8.78 Å². The Bertz CT molecular complexity index is 379. The van der Waals surface area contributed by atoms with Crippen LogP contribution in [0.1, 0.15) is 5.56 Å². The fraction of sp³-hybridized carbons (Fsp3) is 0.111. The summed E-state index contributed by atoms with van der Waals surface area (Å²) in [5, 5.41) is 0. The Morgan fingerprint density at radius 3 is 2.69 bits per heavy atom. The maximum absolute atomic E-state index is 12.8. The van der Waals surface area contributed by atoms with Gasteiger partial charge in [0.1, 0.15) is 11.6 Å². The van der Waals surface area contributed by atoms with Crippen molar-refractivity contribution < 1.29 is 8.78 Å². The molecular weight excluding hydrogens is 192 g/mol. The third-order valence-electron chi connectivity index (χ3n) is 1.40. The lowest BCUT2D eigenvalue weighted by Crippen LogP contribution is -1.96.